The van der Waals surface area contributed by atoms with Gasteiger partial charge in [-0.1, -0.05) is 11.6 Å². The minimum Gasteiger partial charge on any atom is -0.329 e. The molecule has 0 radical (unpaired) electrons. The van der Waals surface area contributed by atoms with Crippen LogP contribution in [0.15, 0.2) is 18.2 Å². The fourth-order valence-corrected chi connectivity index (χ4v) is 2.02. The molecule has 0 aliphatic rings. The highest BCUT2D eigenvalue weighted by Gasteiger charge is 2.09. The number of halogens is 2. The lowest BCUT2D eigenvalue weighted by atomic mass is 10.3. The summed E-state index contributed by atoms with van der Waals surface area (Å²) in [5.41, 5.74) is 5.32. The zero-order valence-corrected chi connectivity index (χ0v) is 9.78. The average Bonchev–Trinajstić information content (AvgIpc) is 2.20. The summed E-state index contributed by atoms with van der Waals surface area (Å²) in [6, 6.07) is 3.52. The maximum atomic E-state index is 12.8. The highest BCUT2D eigenvalue weighted by atomic mass is 35.5. The molecule has 0 saturated heterocycles. The first-order valence-electron chi connectivity index (χ1n) is 4.37. The van der Waals surface area contributed by atoms with Gasteiger partial charge in [-0.2, -0.15) is 13.1 Å². The molecule has 0 aliphatic carbocycles. The summed E-state index contributed by atoms with van der Waals surface area (Å²) in [7, 11) is -3.69. The zero-order chi connectivity index (χ0) is 12.2. The maximum Gasteiger partial charge on any atom is 0.299 e. The minimum absolute atomic E-state index is 0.115. The first kappa shape index (κ1) is 13.2. The van der Waals surface area contributed by atoms with Crippen molar-refractivity contribution < 1.29 is 12.8 Å². The quantitative estimate of drug-likeness (QED) is 0.734. The predicted molar refractivity (Wildman–Crippen MR) is 61.0 cm³/mol. The fraction of sp³-hybridized carbons (Fsp3) is 0.250. The Bertz CT molecular complexity index is 466. The molecule has 0 heterocycles. The molecule has 0 bridgehead atoms. The van der Waals surface area contributed by atoms with Crippen LogP contribution in [0.1, 0.15) is 0 Å². The van der Waals surface area contributed by atoms with Gasteiger partial charge in [0, 0.05) is 13.1 Å². The van der Waals surface area contributed by atoms with E-state index in [1.165, 1.54) is 12.1 Å². The van der Waals surface area contributed by atoms with Crippen LogP contribution in [0, 0.1) is 5.82 Å². The molecule has 1 aromatic carbocycles. The number of anilines is 1. The molecule has 0 aliphatic heterocycles. The molecule has 5 nitrogen and oxygen atoms in total. The monoisotopic (exact) mass is 267 g/mol. The van der Waals surface area contributed by atoms with E-state index in [0.717, 1.165) is 6.07 Å². The van der Waals surface area contributed by atoms with Crippen molar-refractivity contribution in [2.45, 2.75) is 0 Å². The number of benzene rings is 1. The van der Waals surface area contributed by atoms with E-state index in [-0.39, 0.29) is 23.8 Å². The number of hydrogen-bond acceptors (Lipinski definition) is 3. The third-order valence-electron chi connectivity index (χ3n) is 1.61. The van der Waals surface area contributed by atoms with Gasteiger partial charge in [0.25, 0.3) is 10.2 Å². The molecule has 0 amide bonds. The number of hydrogen-bond donors (Lipinski definition) is 3. The van der Waals surface area contributed by atoms with Crippen molar-refractivity contribution in [3.05, 3.63) is 29.0 Å². The lowest BCUT2D eigenvalue weighted by molar-refractivity contribution is 0.587. The van der Waals surface area contributed by atoms with Gasteiger partial charge in [0.15, 0.2) is 0 Å². The summed E-state index contributed by atoms with van der Waals surface area (Å²) in [5, 5.41) is -0.154. The Labute approximate surface area is 98.0 Å². The topological polar surface area (TPSA) is 84.2 Å². The second-order valence-corrected chi connectivity index (χ2v) is 4.82. The molecular weight excluding hydrogens is 257 g/mol. The van der Waals surface area contributed by atoms with Gasteiger partial charge in [-0.25, -0.2) is 4.39 Å². The highest BCUT2D eigenvalue weighted by molar-refractivity contribution is 7.90. The normalized spacial score (nSPS) is 11.4. The Kier molecular flexibility index (Phi) is 4.48. The summed E-state index contributed by atoms with van der Waals surface area (Å²) >= 11 is 5.50. The molecule has 1 aromatic rings. The second-order valence-electron chi connectivity index (χ2n) is 2.92. The van der Waals surface area contributed by atoms with Crippen molar-refractivity contribution in [1.29, 1.82) is 0 Å². The van der Waals surface area contributed by atoms with Gasteiger partial charge < -0.3 is 5.73 Å². The van der Waals surface area contributed by atoms with Crippen LogP contribution in [-0.2, 0) is 10.2 Å². The number of rotatable bonds is 5. The van der Waals surface area contributed by atoms with Gasteiger partial charge in [0.1, 0.15) is 5.82 Å². The highest BCUT2D eigenvalue weighted by Crippen LogP contribution is 2.19. The lowest BCUT2D eigenvalue weighted by Gasteiger charge is -2.08. The molecule has 0 aromatic heterocycles. The predicted octanol–water partition coefficient (Wildman–Crippen LogP) is 0.684. The molecular formula is C8H11ClFN3O2S. The van der Waals surface area contributed by atoms with Crippen LogP contribution in [0.2, 0.25) is 5.02 Å². The smallest absolute Gasteiger partial charge is 0.299 e. The SMILES string of the molecule is NCCNS(=O)(=O)Nc1ccc(F)c(Cl)c1. The second kappa shape index (κ2) is 5.44. The van der Waals surface area contributed by atoms with Crippen LogP contribution in [0.25, 0.3) is 0 Å². The first-order valence-corrected chi connectivity index (χ1v) is 6.23. The zero-order valence-electron chi connectivity index (χ0n) is 8.20. The van der Waals surface area contributed by atoms with Gasteiger partial charge >= 0.3 is 0 Å². The third kappa shape index (κ3) is 3.93. The average molecular weight is 268 g/mol. The summed E-state index contributed by atoms with van der Waals surface area (Å²) in [5.74, 6) is -0.612. The summed E-state index contributed by atoms with van der Waals surface area (Å²) in [6.07, 6.45) is 0. The fourth-order valence-electron chi connectivity index (χ4n) is 0.944. The van der Waals surface area contributed by atoms with Crippen LogP contribution < -0.4 is 15.2 Å². The Hall–Kier alpha value is -0.890. The molecule has 8 heteroatoms. The molecule has 0 unspecified atom stereocenters. The number of nitrogens with one attached hydrogen (secondary N) is 2. The summed E-state index contributed by atoms with van der Waals surface area (Å²) in [4.78, 5) is 0. The molecule has 16 heavy (non-hydrogen) atoms. The van der Waals surface area contributed by atoms with Crippen LogP contribution >= 0.6 is 11.6 Å². The summed E-state index contributed by atoms with van der Waals surface area (Å²) in [6.45, 7) is 0.301. The third-order valence-corrected chi connectivity index (χ3v) is 2.99. The van der Waals surface area contributed by atoms with Crippen molar-refractivity contribution in [3.63, 3.8) is 0 Å². The van der Waals surface area contributed by atoms with Crippen molar-refractivity contribution in [3.8, 4) is 0 Å². The molecule has 0 fully saturated rings. The molecule has 0 saturated carbocycles. The van der Waals surface area contributed by atoms with Crippen LogP contribution in [0.5, 0.6) is 0 Å². The first-order chi connectivity index (χ1) is 7.44. The van der Waals surface area contributed by atoms with Crippen LogP contribution in [0.4, 0.5) is 10.1 Å². The molecule has 0 atom stereocenters. The Morgan fingerprint density at radius 1 is 1.44 bits per heavy atom. The Balaban J connectivity index is 2.76. The van der Waals surface area contributed by atoms with E-state index in [4.69, 9.17) is 17.3 Å². The van der Waals surface area contributed by atoms with Crippen molar-refractivity contribution in [2.75, 3.05) is 17.8 Å². The lowest BCUT2D eigenvalue weighted by Crippen LogP contribution is -2.33. The standard InChI is InChI=1S/C8H11ClFN3O2S/c9-7-5-6(1-2-8(7)10)13-16(14,15)12-4-3-11/h1-2,5,12-13H,3-4,11H2. The maximum absolute atomic E-state index is 12.8. The van der Waals surface area contributed by atoms with E-state index in [2.05, 4.69) is 9.44 Å². The van der Waals surface area contributed by atoms with E-state index in [1.54, 1.807) is 0 Å². The van der Waals surface area contributed by atoms with Gasteiger partial charge in [0.2, 0.25) is 0 Å². The van der Waals surface area contributed by atoms with E-state index in [1.807, 2.05) is 0 Å². The molecule has 0 spiro atoms. The molecule has 4 N–H and O–H groups in total. The Morgan fingerprint density at radius 2 is 2.12 bits per heavy atom. The number of nitrogens with two attached hydrogens (primary N) is 1. The van der Waals surface area contributed by atoms with E-state index < -0.39 is 16.0 Å². The van der Waals surface area contributed by atoms with Gasteiger partial charge in [0.05, 0.1) is 10.7 Å². The van der Waals surface area contributed by atoms with Crippen molar-refractivity contribution in [1.82, 2.24) is 4.72 Å². The van der Waals surface area contributed by atoms with Crippen molar-refractivity contribution in [2.24, 2.45) is 5.73 Å². The molecule has 1 rings (SSSR count). The van der Waals surface area contributed by atoms with E-state index >= 15 is 0 Å². The van der Waals surface area contributed by atoms with Crippen LogP contribution in [-0.4, -0.2) is 21.5 Å². The van der Waals surface area contributed by atoms with Crippen LogP contribution in [0.3, 0.4) is 0 Å². The molecule has 90 valence electrons. The van der Waals surface area contributed by atoms with Gasteiger partial charge in [-0.3, -0.25) is 4.72 Å². The van der Waals surface area contributed by atoms with Gasteiger partial charge in [-0.05, 0) is 18.2 Å². The van der Waals surface area contributed by atoms with E-state index in [0.29, 0.717) is 0 Å². The van der Waals surface area contributed by atoms with Gasteiger partial charge in [-0.15, -0.1) is 0 Å². The van der Waals surface area contributed by atoms with Crippen molar-refractivity contribution >= 4 is 27.5 Å². The summed E-state index contributed by atoms with van der Waals surface area (Å²) < 4.78 is 39.8. The largest absolute Gasteiger partial charge is 0.329 e. The Morgan fingerprint density at radius 3 is 2.69 bits per heavy atom. The minimum atomic E-state index is -3.69. The van der Waals surface area contributed by atoms with E-state index in [9.17, 15) is 12.8 Å².